The summed E-state index contributed by atoms with van der Waals surface area (Å²) in [5.41, 5.74) is 3.42. The van der Waals surface area contributed by atoms with Gasteiger partial charge >= 0.3 is 0 Å². The van der Waals surface area contributed by atoms with Gasteiger partial charge in [-0.3, -0.25) is 4.79 Å². The van der Waals surface area contributed by atoms with E-state index in [-0.39, 0.29) is 5.91 Å². The summed E-state index contributed by atoms with van der Waals surface area (Å²) in [6, 6.07) is 19.6. The molecular weight excluding hydrogens is 272 g/mol. The maximum atomic E-state index is 12.0. The summed E-state index contributed by atoms with van der Waals surface area (Å²) in [7, 11) is 0. The Morgan fingerprint density at radius 1 is 1.00 bits per heavy atom. The van der Waals surface area contributed by atoms with Crippen LogP contribution >= 0.6 is 0 Å². The fraction of sp³-hybridized carbons (Fsp3) is 0.0526. The summed E-state index contributed by atoms with van der Waals surface area (Å²) < 4.78 is 0. The summed E-state index contributed by atoms with van der Waals surface area (Å²) in [5, 5.41) is 2.81. The van der Waals surface area contributed by atoms with Gasteiger partial charge in [-0.15, -0.1) is 0 Å². The van der Waals surface area contributed by atoms with E-state index < -0.39 is 0 Å². The van der Waals surface area contributed by atoms with Gasteiger partial charge in [0.05, 0.1) is 0 Å². The molecule has 2 aromatic rings. The standard InChI is InChI=1S/C19H16N2O/c1-14(12-15-8-4-2-5-9-15)13-17-19(22)21-18(20-17)16-10-6-3-7-11-16/h2-13H,1H3,(H,20,21,22)/b14-12+,17-13-. The molecule has 0 saturated heterocycles. The number of hydrogen-bond donors (Lipinski definition) is 1. The molecule has 0 aliphatic carbocycles. The number of allylic oxidation sites excluding steroid dienone is 2. The number of rotatable bonds is 3. The van der Waals surface area contributed by atoms with Crippen LogP contribution < -0.4 is 5.32 Å². The Bertz CT molecular complexity index is 772. The minimum atomic E-state index is -0.167. The lowest BCUT2D eigenvalue weighted by molar-refractivity contribution is -0.115. The second kappa shape index (κ2) is 6.22. The molecule has 0 unspecified atom stereocenters. The lowest BCUT2D eigenvalue weighted by atomic mass is 10.1. The fourth-order valence-corrected chi connectivity index (χ4v) is 2.27. The summed E-state index contributed by atoms with van der Waals surface area (Å²) in [5.74, 6) is 0.434. The van der Waals surface area contributed by atoms with Crippen molar-refractivity contribution in [3.8, 4) is 0 Å². The molecule has 0 spiro atoms. The van der Waals surface area contributed by atoms with E-state index in [0.717, 1.165) is 16.7 Å². The second-order valence-electron chi connectivity index (χ2n) is 5.11. The third-order valence-electron chi connectivity index (χ3n) is 3.30. The molecule has 3 nitrogen and oxygen atoms in total. The number of benzene rings is 2. The van der Waals surface area contributed by atoms with Crippen LogP contribution in [0.25, 0.3) is 6.08 Å². The Morgan fingerprint density at radius 3 is 2.32 bits per heavy atom. The molecule has 1 aliphatic rings. The Balaban J connectivity index is 1.86. The molecule has 0 saturated carbocycles. The number of nitrogens with zero attached hydrogens (tertiary/aromatic N) is 1. The first-order valence-corrected chi connectivity index (χ1v) is 7.13. The SMILES string of the molecule is CC(/C=C1\N=C(c2ccccc2)NC1=O)=C\c1ccccc1. The molecule has 0 aromatic heterocycles. The van der Waals surface area contributed by atoms with Gasteiger partial charge in [-0.25, -0.2) is 4.99 Å². The number of amides is 1. The van der Waals surface area contributed by atoms with Crippen molar-refractivity contribution in [2.45, 2.75) is 6.92 Å². The van der Waals surface area contributed by atoms with E-state index in [9.17, 15) is 4.79 Å². The molecule has 1 amide bonds. The highest BCUT2D eigenvalue weighted by molar-refractivity contribution is 6.18. The number of aliphatic imine (C=N–C) groups is 1. The third kappa shape index (κ3) is 3.20. The van der Waals surface area contributed by atoms with Gasteiger partial charge in [-0.1, -0.05) is 66.7 Å². The van der Waals surface area contributed by atoms with E-state index >= 15 is 0 Å². The van der Waals surface area contributed by atoms with Gasteiger partial charge in [-0.05, 0) is 24.1 Å². The molecule has 108 valence electrons. The summed E-state index contributed by atoms with van der Waals surface area (Å²) in [4.78, 5) is 16.4. The Hall–Kier alpha value is -2.94. The predicted octanol–water partition coefficient (Wildman–Crippen LogP) is 3.55. The molecule has 3 heteroatoms. The highest BCUT2D eigenvalue weighted by atomic mass is 16.2. The number of carbonyl (C=O) groups is 1. The first kappa shape index (κ1) is 14.0. The van der Waals surface area contributed by atoms with E-state index in [1.165, 1.54) is 0 Å². The fourth-order valence-electron chi connectivity index (χ4n) is 2.27. The molecule has 1 N–H and O–H groups in total. The van der Waals surface area contributed by atoms with E-state index in [2.05, 4.69) is 10.3 Å². The van der Waals surface area contributed by atoms with Crippen LogP contribution in [-0.2, 0) is 4.79 Å². The van der Waals surface area contributed by atoms with E-state index in [1.54, 1.807) is 6.08 Å². The summed E-state index contributed by atoms with van der Waals surface area (Å²) >= 11 is 0. The minimum absolute atomic E-state index is 0.167. The zero-order valence-electron chi connectivity index (χ0n) is 12.3. The van der Waals surface area contributed by atoms with Gasteiger partial charge in [0.15, 0.2) is 0 Å². The third-order valence-corrected chi connectivity index (χ3v) is 3.30. The van der Waals surface area contributed by atoms with Gasteiger partial charge in [0.25, 0.3) is 5.91 Å². The Morgan fingerprint density at radius 2 is 1.64 bits per heavy atom. The molecule has 0 fully saturated rings. The summed E-state index contributed by atoms with van der Waals surface area (Å²) in [6.45, 7) is 1.96. The van der Waals surface area contributed by atoms with Gasteiger partial charge in [0.2, 0.25) is 0 Å². The quantitative estimate of drug-likeness (QED) is 0.862. The van der Waals surface area contributed by atoms with Crippen LogP contribution in [0.2, 0.25) is 0 Å². The smallest absolute Gasteiger partial charge is 0.275 e. The summed E-state index contributed by atoms with van der Waals surface area (Å²) in [6.07, 6.45) is 3.83. The van der Waals surface area contributed by atoms with Crippen LogP contribution in [0.3, 0.4) is 0 Å². The molecule has 2 aromatic carbocycles. The second-order valence-corrected chi connectivity index (χ2v) is 5.11. The Kier molecular flexibility index (Phi) is 3.97. The zero-order valence-corrected chi connectivity index (χ0v) is 12.3. The van der Waals surface area contributed by atoms with Crippen molar-refractivity contribution in [2.75, 3.05) is 0 Å². The van der Waals surface area contributed by atoms with Crippen LogP contribution in [0.15, 0.2) is 83.0 Å². The van der Waals surface area contributed by atoms with Crippen molar-refractivity contribution in [3.63, 3.8) is 0 Å². The number of nitrogens with one attached hydrogen (secondary N) is 1. The first-order chi connectivity index (χ1) is 10.7. The monoisotopic (exact) mass is 288 g/mol. The average molecular weight is 288 g/mol. The molecule has 0 radical (unpaired) electrons. The highest BCUT2D eigenvalue weighted by Crippen LogP contribution is 2.15. The van der Waals surface area contributed by atoms with Crippen molar-refractivity contribution < 1.29 is 4.79 Å². The van der Waals surface area contributed by atoms with Crippen LogP contribution in [0.5, 0.6) is 0 Å². The lowest BCUT2D eigenvalue weighted by Gasteiger charge is -1.98. The topological polar surface area (TPSA) is 41.5 Å². The minimum Gasteiger partial charge on any atom is -0.305 e. The van der Waals surface area contributed by atoms with Crippen molar-refractivity contribution in [3.05, 3.63) is 89.1 Å². The van der Waals surface area contributed by atoms with Crippen molar-refractivity contribution >= 4 is 17.8 Å². The highest BCUT2D eigenvalue weighted by Gasteiger charge is 2.20. The van der Waals surface area contributed by atoms with Crippen molar-refractivity contribution in [1.29, 1.82) is 0 Å². The van der Waals surface area contributed by atoms with Crippen LogP contribution in [0.4, 0.5) is 0 Å². The Labute approximate surface area is 129 Å². The van der Waals surface area contributed by atoms with Crippen molar-refractivity contribution in [1.82, 2.24) is 5.32 Å². The molecule has 1 heterocycles. The lowest BCUT2D eigenvalue weighted by Crippen LogP contribution is -2.24. The first-order valence-electron chi connectivity index (χ1n) is 7.13. The van der Waals surface area contributed by atoms with E-state index in [0.29, 0.717) is 11.5 Å². The van der Waals surface area contributed by atoms with Crippen LogP contribution in [-0.4, -0.2) is 11.7 Å². The largest absolute Gasteiger partial charge is 0.305 e. The van der Waals surface area contributed by atoms with E-state index in [1.807, 2.05) is 73.7 Å². The normalized spacial score (nSPS) is 16.6. The number of carbonyl (C=O) groups excluding carboxylic acids is 1. The average Bonchev–Trinajstić information content (AvgIpc) is 2.90. The molecule has 22 heavy (non-hydrogen) atoms. The maximum absolute atomic E-state index is 12.0. The molecule has 3 rings (SSSR count). The van der Waals surface area contributed by atoms with Crippen molar-refractivity contribution in [2.24, 2.45) is 4.99 Å². The molecule has 0 atom stereocenters. The van der Waals surface area contributed by atoms with Gasteiger partial charge < -0.3 is 5.32 Å². The van der Waals surface area contributed by atoms with E-state index in [4.69, 9.17) is 0 Å². The number of amidine groups is 1. The van der Waals surface area contributed by atoms with Crippen LogP contribution in [0.1, 0.15) is 18.1 Å². The zero-order chi connectivity index (χ0) is 15.4. The predicted molar refractivity (Wildman–Crippen MR) is 89.3 cm³/mol. The van der Waals surface area contributed by atoms with Crippen LogP contribution in [0, 0.1) is 0 Å². The van der Waals surface area contributed by atoms with Gasteiger partial charge in [-0.2, -0.15) is 0 Å². The molecular formula is C19H16N2O. The number of hydrogen-bond acceptors (Lipinski definition) is 2. The molecule has 0 bridgehead atoms. The maximum Gasteiger partial charge on any atom is 0.275 e. The van der Waals surface area contributed by atoms with Gasteiger partial charge in [0, 0.05) is 5.56 Å². The van der Waals surface area contributed by atoms with Gasteiger partial charge in [0.1, 0.15) is 11.5 Å². The molecule has 1 aliphatic heterocycles.